The van der Waals surface area contributed by atoms with Crippen molar-refractivity contribution in [1.82, 2.24) is 30.0 Å². The van der Waals surface area contributed by atoms with Crippen LogP contribution in [0.25, 0.3) is 5.69 Å². The van der Waals surface area contributed by atoms with E-state index in [1.54, 1.807) is 15.6 Å². The Morgan fingerprint density at radius 2 is 2.17 bits per heavy atom. The number of ether oxygens (including phenoxy) is 1. The molecule has 2 aromatic heterocycles. The fraction of sp³-hybridized carbons (Fsp3) is 0.312. The zero-order chi connectivity index (χ0) is 16.5. The Balaban J connectivity index is 1.38. The lowest BCUT2D eigenvalue weighted by molar-refractivity contribution is -0.146. The van der Waals surface area contributed by atoms with Crippen LogP contribution in [0.15, 0.2) is 42.7 Å². The minimum Gasteiger partial charge on any atom is -0.457 e. The topological polar surface area (TPSA) is 87.7 Å². The van der Waals surface area contributed by atoms with Gasteiger partial charge in [-0.3, -0.25) is 9.48 Å². The lowest BCUT2D eigenvalue weighted by atomic mass is 10.2. The molecule has 2 atom stereocenters. The maximum Gasteiger partial charge on any atom is 0.310 e. The summed E-state index contributed by atoms with van der Waals surface area (Å²) in [6, 6.07) is 9.49. The number of aryl methyl sites for hydroxylation is 1. The van der Waals surface area contributed by atoms with Gasteiger partial charge in [-0.2, -0.15) is 9.78 Å². The van der Waals surface area contributed by atoms with E-state index >= 15 is 0 Å². The molecule has 0 spiro atoms. The number of aromatic nitrogens is 6. The van der Waals surface area contributed by atoms with Crippen LogP contribution in [0.1, 0.15) is 23.7 Å². The van der Waals surface area contributed by atoms with Crippen molar-refractivity contribution < 1.29 is 9.53 Å². The third-order valence-electron chi connectivity index (χ3n) is 4.12. The van der Waals surface area contributed by atoms with E-state index in [1.807, 2.05) is 43.6 Å². The molecule has 0 unspecified atom stereocenters. The number of nitrogens with zero attached hydrogens (tertiary/aromatic N) is 6. The van der Waals surface area contributed by atoms with E-state index in [4.69, 9.17) is 4.74 Å². The van der Waals surface area contributed by atoms with Gasteiger partial charge in [0.25, 0.3) is 0 Å². The first-order chi connectivity index (χ1) is 11.7. The second-order valence-electron chi connectivity index (χ2n) is 5.85. The van der Waals surface area contributed by atoms with Gasteiger partial charge in [-0.25, -0.2) is 0 Å². The van der Waals surface area contributed by atoms with Crippen LogP contribution >= 0.6 is 0 Å². The predicted molar refractivity (Wildman–Crippen MR) is 83.0 cm³/mol. The van der Waals surface area contributed by atoms with Gasteiger partial charge < -0.3 is 4.74 Å². The minimum absolute atomic E-state index is 0.0526. The van der Waals surface area contributed by atoms with Crippen molar-refractivity contribution >= 4 is 5.97 Å². The highest BCUT2D eigenvalue weighted by molar-refractivity contribution is 5.77. The SMILES string of the molecule is Cn1cc([C@@H]2C[C@H]2C(=O)OCc2nnnn2-c2ccccc2)cn1. The van der Waals surface area contributed by atoms with Gasteiger partial charge in [0, 0.05) is 19.2 Å². The van der Waals surface area contributed by atoms with Gasteiger partial charge in [-0.05, 0) is 34.5 Å². The zero-order valence-electron chi connectivity index (χ0n) is 13.1. The number of carbonyl (C=O) groups is 1. The van der Waals surface area contributed by atoms with Gasteiger partial charge in [0.05, 0.1) is 17.8 Å². The first kappa shape index (κ1) is 14.6. The summed E-state index contributed by atoms with van der Waals surface area (Å²) in [6.07, 6.45) is 4.54. The molecule has 1 aromatic carbocycles. The summed E-state index contributed by atoms with van der Waals surface area (Å²) >= 11 is 0. The molecule has 0 aliphatic heterocycles. The molecule has 8 nitrogen and oxygen atoms in total. The molecule has 1 fully saturated rings. The molecule has 1 aliphatic rings. The van der Waals surface area contributed by atoms with Crippen LogP contribution in [0.3, 0.4) is 0 Å². The van der Waals surface area contributed by atoms with Crippen molar-refractivity contribution in [3.05, 3.63) is 54.1 Å². The van der Waals surface area contributed by atoms with Gasteiger partial charge in [-0.15, -0.1) is 5.10 Å². The quantitative estimate of drug-likeness (QED) is 0.656. The smallest absolute Gasteiger partial charge is 0.310 e. The third-order valence-corrected chi connectivity index (χ3v) is 4.12. The molecule has 3 aromatic rings. The highest BCUT2D eigenvalue weighted by Gasteiger charge is 2.46. The second-order valence-corrected chi connectivity index (χ2v) is 5.85. The highest BCUT2D eigenvalue weighted by atomic mass is 16.5. The van der Waals surface area contributed by atoms with E-state index in [9.17, 15) is 4.79 Å². The molecule has 1 saturated carbocycles. The molecule has 4 rings (SSSR count). The first-order valence-electron chi connectivity index (χ1n) is 7.70. The lowest BCUT2D eigenvalue weighted by Gasteiger charge is -2.05. The predicted octanol–water partition coefficient (Wildman–Crippen LogP) is 1.24. The van der Waals surface area contributed by atoms with Crippen LogP contribution in [0, 0.1) is 5.92 Å². The lowest BCUT2D eigenvalue weighted by Crippen LogP contribution is -2.11. The zero-order valence-corrected chi connectivity index (χ0v) is 13.1. The second kappa shape index (κ2) is 5.88. The van der Waals surface area contributed by atoms with Crippen LogP contribution in [0.4, 0.5) is 0 Å². The summed E-state index contributed by atoms with van der Waals surface area (Å²) in [5, 5.41) is 15.7. The van der Waals surface area contributed by atoms with E-state index in [-0.39, 0.29) is 24.4 Å². The normalized spacial score (nSPS) is 19.2. The average Bonchev–Trinajstić information content (AvgIpc) is 3.06. The number of para-hydroxylation sites is 1. The summed E-state index contributed by atoms with van der Waals surface area (Å²) < 4.78 is 8.71. The summed E-state index contributed by atoms with van der Waals surface area (Å²) in [5.74, 6) is 0.381. The van der Waals surface area contributed by atoms with E-state index in [1.165, 1.54) is 0 Å². The van der Waals surface area contributed by atoms with Crippen molar-refractivity contribution in [3.63, 3.8) is 0 Å². The van der Waals surface area contributed by atoms with Gasteiger partial charge in [-0.1, -0.05) is 18.2 Å². The van der Waals surface area contributed by atoms with Crippen molar-refractivity contribution in [2.24, 2.45) is 13.0 Å². The molecule has 0 bridgehead atoms. The Morgan fingerprint density at radius 3 is 2.92 bits per heavy atom. The molecule has 1 aliphatic carbocycles. The molecule has 0 saturated heterocycles. The first-order valence-corrected chi connectivity index (χ1v) is 7.70. The van der Waals surface area contributed by atoms with Crippen LogP contribution in [0.2, 0.25) is 0 Å². The van der Waals surface area contributed by atoms with Crippen molar-refractivity contribution in [1.29, 1.82) is 0 Å². The Labute approximate surface area is 138 Å². The molecule has 2 heterocycles. The van der Waals surface area contributed by atoms with Gasteiger partial charge in [0.2, 0.25) is 0 Å². The monoisotopic (exact) mass is 324 g/mol. The van der Waals surface area contributed by atoms with Crippen molar-refractivity contribution in [2.75, 3.05) is 0 Å². The number of tetrazole rings is 1. The summed E-state index contributed by atoms with van der Waals surface area (Å²) in [7, 11) is 1.86. The number of hydrogen-bond donors (Lipinski definition) is 0. The van der Waals surface area contributed by atoms with E-state index in [2.05, 4.69) is 20.6 Å². The Bertz CT molecular complexity index is 856. The largest absolute Gasteiger partial charge is 0.457 e. The number of carbonyl (C=O) groups excluding carboxylic acids is 1. The molecular weight excluding hydrogens is 308 g/mol. The maximum atomic E-state index is 12.2. The number of rotatable bonds is 5. The van der Waals surface area contributed by atoms with Crippen LogP contribution < -0.4 is 0 Å². The summed E-state index contributed by atoms with van der Waals surface area (Å²) in [4.78, 5) is 12.2. The molecule has 0 N–H and O–H groups in total. The fourth-order valence-electron chi connectivity index (χ4n) is 2.76. The van der Waals surface area contributed by atoms with Crippen molar-refractivity contribution in [3.8, 4) is 5.69 Å². The maximum absolute atomic E-state index is 12.2. The molecule has 8 heteroatoms. The van der Waals surface area contributed by atoms with Gasteiger partial charge in [0.15, 0.2) is 12.4 Å². The van der Waals surface area contributed by atoms with Crippen LogP contribution in [-0.2, 0) is 23.2 Å². The number of hydrogen-bond acceptors (Lipinski definition) is 6. The van der Waals surface area contributed by atoms with E-state index < -0.39 is 0 Å². The highest BCUT2D eigenvalue weighted by Crippen LogP contribution is 2.48. The molecule has 122 valence electrons. The Kier molecular flexibility index (Phi) is 3.56. The Hall–Kier alpha value is -3.03. The van der Waals surface area contributed by atoms with Crippen LogP contribution in [0.5, 0.6) is 0 Å². The summed E-state index contributed by atoms with van der Waals surface area (Å²) in [6.45, 7) is 0.0526. The van der Waals surface area contributed by atoms with E-state index in [0.29, 0.717) is 5.82 Å². The van der Waals surface area contributed by atoms with Crippen LogP contribution in [-0.4, -0.2) is 36.0 Å². The minimum atomic E-state index is -0.216. The number of benzene rings is 1. The fourth-order valence-corrected chi connectivity index (χ4v) is 2.76. The molecule has 24 heavy (non-hydrogen) atoms. The number of esters is 1. The van der Waals surface area contributed by atoms with Gasteiger partial charge >= 0.3 is 5.97 Å². The standard InChI is InChI=1S/C16H16N6O2/c1-21-9-11(8-17-21)13-7-14(13)16(23)24-10-15-18-19-20-22(15)12-5-3-2-4-6-12/h2-6,8-9,13-14H,7,10H2,1H3/t13-,14+/m0/s1. The molecular formula is C16H16N6O2. The average molecular weight is 324 g/mol. The Morgan fingerprint density at radius 1 is 1.33 bits per heavy atom. The van der Waals surface area contributed by atoms with Crippen molar-refractivity contribution in [2.45, 2.75) is 18.9 Å². The molecule has 0 amide bonds. The van der Waals surface area contributed by atoms with Gasteiger partial charge in [0.1, 0.15) is 0 Å². The van der Waals surface area contributed by atoms with E-state index in [0.717, 1.165) is 17.7 Å². The third kappa shape index (κ3) is 2.78. The summed E-state index contributed by atoms with van der Waals surface area (Å²) in [5.41, 5.74) is 1.90. The molecule has 0 radical (unpaired) electrons.